The molecule has 0 radical (unpaired) electrons. The molecule has 3 aromatic carbocycles. The second kappa shape index (κ2) is 7.72. The van der Waals surface area contributed by atoms with E-state index in [-0.39, 0.29) is 0 Å². The van der Waals surface area contributed by atoms with E-state index < -0.39 is 7.92 Å². The van der Waals surface area contributed by atoms with Gasteiger partial charge in [-0.3, -0.25) is 0 Å². The second-order valence-corrected chi connectivity index (χ2v) is 8.17. The Morgan fingerprint density at radius 3 is 1.56 bits per heavy atom. The van der Waals surface area contributed by atoms with Gasteiger partial charge >= 0.3 is 0 Å². The molecule has 0 bridgehead atoms. The maximum atomic E-state index is 5.72. The lowest BCUT2D eigenvalue weighted by molar-refractivity contribution is 0.417. The minimum absolute atomic E-state index is 0.774. The van der Waals surface area contributed by atoms with E-state index in [0.29, 0.717) is 0 Å². The summed E-state index contributed by atoms with van der Waals surface area (Å²) in [6.45, 7) is 4.17. The third-order valence-corrected chi connectivity index (χ3v) is 6.68. The average Bonchev–Trinajstić information content (AvgIpc) is 2.64. The van der Waals surface area contributed by atoms with Crippen molar-refractivity contribution in [2.45, 2.75) is 13.8 Å². The third-order valence-electron chi connectivity index (χ3n) is 4.17. The number of rotatable bonds is 5. The first-order valence-electron chi connectivity index (χ1n) is 8.28. The van der Waals surface area contributed by atoms with Crippen LogP contribution in [0.2, 0.25) is 0 Å². The Hall–Kier alpha value is -2.31. The maximum absolute atomic E-state index is 5.72. The van der Waals surface area contributed by atoms with Gasteiger partial charge in [0.05, 0.1) is 14.2 Å². The first-order valence-corrected chi connectivity index (χ1v) is 9.62. The van der Waals surface area contributed by atoms with Gasteiger partial charge in [-0.1, -0.05) is 42.5 Å². The first-order chi connectivity index (χ1) is 12.1. The van der Waals surface area contributed by atoms with Crippen molar-refractivity contribution in [3.8, 4) is 11.5 Å². The second-order valence-electron chi connectivity index (χ2n) is 6.02. The zero-order valence-corrected chi connectivity index (χ0v) is 16.0. The van der Waals surface area contributed by atoms with E-state index in [1.54, 1.807) is 14.2 Å². The molecule has 0 spiro atoms. The third kappa shape index (κ3) is 3.70. The predicted octanol–water partition coefficient (Wildman–Crippen LogP) is 4.08. The van der Waals surface area contributed by atoms with Crippen LogP contribution in [0.5, 0.6) is 11.5 Å². The van der Waals surface area contributed by atoms with Gasteiger partial charge in [0.15, 0.2) is 0 Å². The Labute approximate surface area is 151 Å². The molecule has 0 heterocycles. The van der Waals surface area contributed by atoms with Crippen molar-refractivity contribution >= 4 is 23.8 Å². The fraction of sp³-hybridized carbons (Fsp3) is 0.182. The fourth-order valence-electron chi connectivity index (χ4n) is 2.92. The highest BCUT2D eigenvalue weighted by Crippen LogP contribution is 2.39. The van der Waals surface area contributed by atoms with Crippen molar-refractivity contribution in [2.75, 3.05) is 14.2 Å². The fourth-order valence-corrected chi connectivity index (χ4v) is 5.41. The molecule has 0 fully saturated rings. The van der Waals surface area contributed by atoms with E-state index in [1.165, 1.54) is 27.0 Å². The van der Waals surface area contributed by atoms with Crippen molar-refractivity contribution in [1.29, 1.82) is 0 Å². The highest BCUT2D eigenvalue weighted by Gasteiger charge is 2.23. The first kappa shape index (κ1) is 17.5. The molecule has 0 amide bonds. The Bertz CT molecular complexity index is 806. The van der Waals surface area contributed by atoms with Crippen LogP contribution in [0.1, 0.15) is 11.1 Å². The van der Waals surface area contributed by atoms with Crippen LogP contribution < -0.4 is 25.4 Å². The van der Waals surface area contributed by atoms with Gasteiger partial charge in [-0.2, -0.15) is 0 Å². The SMILES string of the molecule is COc1cc(C)ccc1P(c1ccccc1)c1ccc(C)cc1OC. The summed E-state index contributed by atoms with van der Waals surface area (Å²) in [5.74, 6) is 1.86. The minimum atomic E-state index is -0.774. The van der Waals surface area contributed by atoms with Gasteiger partial charge in [-0.15, -0.1) is 0 Å². The van der Waals surface area contributed by atoms with Crippen LogP contribution in [0, 0.1) is 13.8 Å². The van der Waals surface area contributed by atoms with E-state index in [2.05, 4.69) is 80.6 Å². The molecule has 0 N–H and O–H groups in total. The molecule has 3 rings (SSSR count). The number of aryl methyl sites for hydroxylation is 2. The molecular weight excluding hydrogens is 327 g/mol. The Morgan fingerprint density at radius 1 is 0.640 bits per heavy atom. The van der Waals surface area contributed by atoms with Gasteiger partial charge in [-0.05, 0) is 62.5 Å². The lowest BCUT2D eigenvalue weighted by Crippen LogP contribution is -2.23. The van der Waals surface area contributed by atoms with Crippen molar-refractivity contribution in [2.24, 2.45) is 0 Å². The van der Waals surface area contributed by atoms with E-state index in [1.807, 2.05) is 0 Å². The molecule has 0 unspecified atom stereocenters. The Morgan fingerprint density at radius 2 is 1.12 bits per heavy atom. The van der Waals surface area contributed by atoms with Crippen molar-refractivity contribution < 1.29 is 9.47 Å². The molecule has 25 heavy (non-hydrogen) atoms. The van der Waals surface area contributed by atoms with E-state index in [9.17, 15) is 0 Å². The van der Waals surface area contributed by atoms with Gasteiger partial charge in [-0.25, -0.2) is 0 Å². The summed E-state index contributed by atoms with van der Waals surface area (Å²) in [4.78, 5) is 0. The van der Waals surface area contributed by atoms with E-state index in [0.717, 1.165) is 11.5 Å². The summed E-state index contributed by atoms with van der Waals surface area (Å²) >= 11 is 0. The number of ether oxygens (including phenoxy) is 2. The lowest BCUT2D eigenvalue weighted by Gasteiger charge is -2.23. The van der Waals surface area contributed by atoms with Crippen molar-refractivity contribution in [3.63, 3.8) is 0 Å². The van der Waals surface area contributed by atoms with Crippen LogP contribution in [0.4, 0.5) is 0 Å². The molecule has 0 aliphatic carbocycles. The maximum Gasteiger partial charge on any atom is 0.127 e. The molecular formula is C22H23O2P. The summed E-state index contributed by atoms with van der Waals surface area (Å²) in [6.07, 6.45) is 0. The van der Waals surface area contributed by atoms with Crippen LogP contribution in [0.15, 0.2) is 66.7 Å². The highest BCUT2D eigenvalue weighted by molar-refractivity contribution is 7.80. The predicted molar refractivity (Wildman–Crippen MR) is 108 cm³/mol. The van der Waals surface area contributed by atoms with Gasteiger partial charge in [0.25, 0.3) is 0 Å². The van der Waals surface area contributed by atoms with Crippen molar-refractivity contribution in [1.82, 2.24) is 0 Å². The van der Waals surface area contributed by atoms with Crippen LogP contribution in [0.3, 0.4) is 0 Å². The molecule has 2 nitrogen and oxygen atoms in total. The molecule has 0 aromatic heterocycles. The minimum Gasteiger partial charge on any atom is -0.496 e. The molecule has 3 heteroatoms. The smallest absolute Gasteiger partial charge is 0.127 e. The van der Waals surface area contributed by atoms with Crippen LogP contribution >= 0.6 is 7.92 Å². The highest BCUT2D eigenvalue weighted by atomic mass is 31.1. The molecule has 128 valence electrons. The summed E-state index contributed by atoms with van der Waals surface area (Å²) in [6, 6.07) is 23.5. The molecule has 0 saturated carbocycles. The zero-order chi connectivity index (χ0) is 17.8. The topological polar surface area (TPSA) is 18.5 Å². The zero-order valence-electron chi connectivity index (χ0n) is 15.1. The standard InChI is InChI=1S/C22H23O2P/c1-16-10-12-21(19(14-16)23-3)25(18-8-6-5-7-9-18)22-13-11-17(2)15-20(22)24-4/h5-15H,1-4H3. The molecule has 0 aliphatic heterocycles. The number of benzene rings is 3. The summed E-state index contributed by atoms with van der Waals surface area (Å²) in [7, 11) is 2.70. The normalized spacial score (nSPS) is 10.8. The van der Waals surface area contributed by atoms with E-state index in [4.69, 9.17) is 9.47 Å². The van der Waals surface area contributed by atoms with Gasteiger partial charge in [0.2, 0.25) is 0 Å². The van der Waals surface area contributed by atoms with Gasteiger partial charge in [0, 0.05) is 10.6 Å². The molecule has 3 aromatic rings. The number of methoxy groups -OCH3 is 2. The lowest BCUT2D eigenvalue weighted by atomic mass is 10.2. The van der Waals surface area contributed by atoms with Gasteiger partial charge < -0.3 is 9.47 Å². The van der Waals surface area contributed by atoms with Crippen molar-refractivity contribution in [3.05, 3.63) is 77.9 Å². The number of hydrogen-bond donors (Lipinski definition) is 0. The quantitative estimate of drug-likeness (QED) is 0.646. The summed E-state index contributed by atoms with van der Waals surface area (Å²) in [5, 5.41) is 3.69. The number of hydrogen-bond acceptors (Lipinski definition) is 2. The van der Waals surface area contributed by atoms with Crippen LogP contribution in [-0.2, 0) is 0 Å². The molecule has 0 aliphatic rings. The largest absolute Gasteiger partial charge is 0.496 e. The van der Waals surface area contributed by atoms with Gasteiger partial charge in [0.1, 0.15) is 11.5 Å². The summed E-state index contributed by atoms with van der Waals surface area (Å²) in [5.41, 5.74) is 2.39. The van der Waals surface area contributed by atoms with Crippen LogP contribution in [-0.4, -0.2) is 14.2 Å². The summed E-state index contributed by atoms with van der Waals surface area (Å²) < 4.78 is 11.4. The monoisotopic (exact) mass is 350 g/mol. The Balaban J connectivity index is 2.25. The molecule has 0 saturated heterocycles. The molecule has 0 atom stereocenters. The average molecular weight is 350 g/mol. The Kier molecular flexibility index (Phi) is 5.40. The van der Waals surface area contributed by atoms with E-state index >= 15 is 0 Å². The van der Waals surface area contributed by atoms with Crippen LogP contribution in [0.25, 0.3) is 0 Å².